The molecule has 1 aliphatic rings. The van der Waals surface area contributed by atoms with Crippen molar-refractivity contribution < 1.29 is 4.79 Å². The Labute approximate surface area is 186 Å². The number of thiophene rings is 1. The zero-order chi connectivity index (χ0) is 21.2. The standard InChI is InChI=1S/C22H21N5O2S2/c28-18(25-14-6-4-13(5-7-14)20-23-9-10-24-20)8-11-30-12-17-26-21(29)19-15-2-1-3-16(15)31-22(19)27-17/h4-7,9-10H,1-3,8,11-12H2,(H,23,24)(H,25,28)(H,26,27,29). The van der Waals surface area contributed by atoms with Crippen LogP contribution in [0.25, 0.3) is 21.6 Å². The number of nitrogens with zero attached hydrogens (tertiary/aromatic N) is 2. The summed E-state index contributed by atoms with van der Waals surface area (Å²) in [7, 11) is 0. The summed E-state index contributed by atoms with van der Waals surface area (Å²) in [4.78, 5) is 41.7. The molecule has 3 aromatic heterocycles. The maximum atomic E-state index is 12.5. The van der Waals surface area contributed by atoms with Gasteiger partial charge in [-0.3, -0.25) is 9.59 Å². The molecule has 0 unspecified atom stereocenters. The second kappa shape index (κ2) is 8.68. The van der Waals surface area contributed by atoms with Gasteiger partial charge in [-0.05, 0) is 49.1 Å². The van der Waals surface area contributed by atoms with Gasteiger partial charge in [-0.25, -0.2) is 9.97 Å². The number of nitrogens with one attached hydrogen (secondary N) is 3. The van der Waals surface area contributed by atoms with Crippen molar-refractivity contribution in [3.05, 3.63) is 63.3 Å². The van der Waals surface area contributed by atoms with Crippen LogP contribution in [0.3, 0.4) is 0 Å². The van der Waals surface area contributed by atoms with Gasteiger partial charge in [0.25, 0.3) is 5.56 Å². The number of H-pyrrole nitrogens is 2. The topological polar surface area (TPSA) is 104 Å². The van der Waals surface area contributed by atoms with Crippen LogP contribution in [0.2, 0.25) is 0 Å². The molecule has 0 aliphatic heterocycles. The Morgan fingerprint density at radius 3 is 2.90 bits per heavy atom. The highest BCUT2D eigenvalue weighted by atomic mass is 32.2. The van der Waals surface area contributed by atoms with Crippen molar-refractivity contribution in [3.63, 3.8) is 0 Å². The summed E-state index contributed by atoms with van der Waals surface area (Å²) in [6.45, 7) is 0. The van der Waals surface area contributed by atoms with E-state index in [2.05, 4.69) is 25.3 Å². The first-order valence-corrected chi connectivity index (χ1v) is 12.2. The van der Waals surface area contributed by atoms with Gasteiger partial charge in [0.05, 0.1) is 11.1 Å². The molecule has 0 bridgehead atoms. The van der Waals surface area contributed by atoms with E-state index in [-0.39, 0.29) is 11.5 Å². The number of amides is 1. The van der Waals surface area contributed by atoms with Crippen molar-refractivity contribution in [2.75, 3.05) is 11.1 Å². The number of aryl methyl sites for hydroxylation is 2. The predicted molar refractivity (Wildman–Crippen MR) is 126 cm³/mol. The van der Waals surface area contributed by atoms with Crippen LogP contribution in [0.15, 0.2) is 41.5 Å². The first kappa shape index (κ1) is 20.0. The molecule has 0 spiro atoms. The lowest BCUT2D eigenvalue weighted by Crippen LogP contribution is -2.13. The van der Waals surface area contributed by atoms with Crippen molar-refractivity contribution in [3.8, 4) is 11.4 Å². The van der Waals surface area contributed by atoms with Gasteiger partial charge in [-0.2, -0.15) is 11.8 Å². The first-order valence-electron chi connectivity index (χ1n) is 10.2. The van der Waals surface area contributed by atoms with Crippen LogP contribution in [0.5, 0.6) is 0 Å². The average Bonchev–Trinajstić information content (AvgIpc) is 3.49. The molecular weight excluding hydrogens is 430 g/mol. The van der Waals surface area contributed by atoms with Gasteiger partial charge in [0, 0.05) is 40.7 Å². The van der Waals surface area contributed by atoms with E-state index in [1.165, 1.54) is 10.4 Å². The van der Waals surface area contributed by atoms with Crippen LogP contribution in [-0.2, 0) is 23.4 Å². The molecular formula is C22H21N5O2S2. The molecule has 3 heterocycles. The Hall–Kier alpha value is -2.91. The summed E-state index contributed by atoms with van der Waals surface area (Å²) >= 11 is 3.24. The molecule has 31 heavy (non-hydrogen) atoms. The van der Waals surface area contributed by atoms with Gasteiger partial charge in [0.1, 0.15) is 16.5 Å². The first-order chi connectivity index (χ1) is 15.2. The summed E-state index contributed by atoms with van der Waals surface area (Å²) in [6.07, 6.45) is 7.04. The summed E-state index contributed by atoms with van der Waals surface area (Å²) in [5.74, 6) is 2.67. The molecule has 1 aliphatic carbocycles. The monoisotopic (exact) mass is 451 g/mol. The van der Waals surface area contributed by atoms with E-state index < -0.39 is 0 Å². The van der Waals surface area contributed by atoms with E-state index in [0.29, 0.717) is 23.8 Å². The van der Waals surface area contributed by atoms with E-state index in [1.807, 2.05) is 24.3 Å². The normalized spacial score (nSPS) is 12.9. The Bertz CT molecular complexity index is 1280. The molecule has 1 aromatic carbocycles. The van der Waals surface area contributed by atoms with E-state index in [0.717, 1.165) is 46.6 Å². The Morgan fingerprint density at radius 2 is 2.10 bits per heavy atom. The number of carbonyl (C=O) groups excluding carboxylic acids is 1. The fourth-order valence-electron chi connectivity index (χ4n) is 3.81. The zero-order valence-corrected chi connectivity index (χ0v) is 18.4. The van der Waals surface area contributed by atoms with Crippen molar-refractivity contribution >= 4 is 44.9 Å². The molecule has 4 aromatic rings. The number of benzene rings is 1. The number of fused-ring (bicyclic) bond motifs is 3. The SMILES string of the molecule is O=C(CCSCc1nc2sc3c(c2c(=O)[nH]1)CCC3)Nc1ccc(-c2ncc[nH]2)cc1. The van der Waals surface area contributed by atoms with Crippen LogP contribution in [-0.4, -0.2) is 31.6 Å². The number of aromatic amines is 2. The molecule has 158 valence electrons. The van der Waals surface area contributed by atoms with E-state index in [1.54, 1.807) is 35.5 Å². The Balaban J connectivity index is 1.12. The lowest BCUT2D eigenvalue weighted by atomic mass is 10.2. The maximum Gasteiger partial charge on any atom is 0.259 e. The van der Waals surface area contributed by atoms with E-state index in [4.69, 9.17) is 0 Å². The summed E-state index contributed by atoms with van der Waals surface area (Å²) in [5.41, 5.74) is 2.89. The van der Waals surface area contributed by atoms with Crippen LogP contribution in [0, 0.1) is 0 Å². The minimum Gasteiger partial charge on any atom is -0.345 e. The van der Waals surface area contributed by atoms with Crippen LogP contribution < -0.4 is 10.9 Å². The number of hydrogen-bond donors (Lipinski definition) is 3. The van der Waals surface area contributed by atoms with Gasteiger partial charge in [-0.1, -0.05) is 0 Å². The maximum absolute atomic E-state index is 12.5. The highest BCUT2D eigenvalue weighted by Gasteiger charge is 2.21. The Morgan fingerprint density at radius 1 is 1.23 bits per heavy atom. The van der Waals surface area contributed by atoms with Gasteiger partial charge >= 0.3 is 0 Å². The van der Waals surface area contributed by atoms with Gasteiger partial charge < -0.3 is 15.3 Å². The molecule has 5 rings (SSSR count). The molecule has 1 amide bonds. The quantitative estimate of drug-likeness (QED) is 0.367. The fourth-order valence-corrected chi connectivity index (χ4v) is 5.89. The highest BCUT2D eigenvalue weighted by Crippen LogP contribution is 2.34. The molecule has 0 atom stereocenters. The molecule has 3 N–H and O–H groups in total. The number of anilines is 1. The van der Waals surface area contributed by atoms with Crippen LogP contribution in [0.1, 0.15) is 29.1 Å². The van der Waals surface area contributed by atoms with Crippen molar-refractivity contribution in [2.45, 2.75) is 31.4 Å². The lowest BCUT2D eigenvalue weighted by Gasteiger charge is -2.06. The number of carbonyl (C=O) groups is 1. The highest BCUT2D eigenvalue weighted by molar-refractivity contribution is 7.98. The number of thioether (sulfide) groups is 1. The molecule has 9 heteroatoms. The third-order valence-corrected chi connectivity index (χ3v) is 7.43. The summed E-state index contributed by atoms with van der Waals surface area (Å²) in [6, 6.07) is 7.57. The fraction of sp³-hybridized carbons (Fsp3) is 0.273. The average molecular weight is 452 g/mol. The van der Waals surface area contributed by atoms with E-state index in [9.17, 15) is 9.59 Å². The zero-order valence-electron chi connectivity index (χ0n) is 16.7. The lowest BCUT2D eigenvalue weighted by molar-refractivity contribution is -0.115. The molecule has 0 saturated heterocycles. The Kier molecular flexibility index (Phi) is 5.61. The van der Waals surface area contributed by atoms with Crippen LogP contribution in [0.4, 0.5) is 5.69 Å². The molecule has 7 nitrogen and oxygen atoms in total. The number of rotatable bonds is 7. The second-order valence-corrected chi connectivity index (χ2v) is 9.60. The number of imidazole rings is 1. The van der Waals surface area contributed by atoms with Crippen molar-refractivity contribution in [2.24, 2.45) is 0 Å². The molecule has 0 saturated carbocycles. The smallest absolute Gasteiger partial charge is 0.259 e. The predicted octanol–water partition coefficient (Wildman–Crippen LogP) is 4.13. The largest absolute Gasteiger partial charge is 0.345 e. The van der Waals surface area contributed by atoms with Crippen molar-refractivity contribution in [1.29, 1.82) is 0 Å². The number of hydrogen-bond acceptors (Lipinski definition) is 6. The van der Waals surface area contributed by atoms with Gasteiger partial charge in [-0.15, -0.1) is 11.3 Å². The molecule has 0 radical (unpaired) electrons. The third-order valence-electron chi connectivity index (χ3n) is 5.28. The minimum atomic E-state index is -0.0372. The van der Waals surface area contributed by atoms with Crippen molar-refractivity contribution in [1.82, 2.24) is 19.9 Å². The third kappa shape index (κ3) is 4.28. The minimum absolute atomic E-state index is 0.0317. The van der Waals surface area contributed by atoms with Gasteiger partial charge in [0.15, 0.2) is 0 Å². The molecule has 0 fully saturated rings. The summed E-state index contributed by atoms with van der Waals surface area (Å²) in [5, 5.41) is 3.69. The second-order valence-electron chi connectivity index (χ2n) is 7.42. The summed E-state index contributed by atoms with van der Waals surface area (Å²) < 4.78 is 0. The van der Waals surface area contributed by atoms with Crippen LogP contribution >= 0.6 is 23.1 Å². The van der Waals surface area contributed by atoms with Gasteiger partial charge in [0.2, 0.25) is 5.91 Å². The van der Waals surface area contributed by atoms with E-state index >= 15 is 0 Å². The number of aromatic nitrogens is 4.